The number of aliphatic hydroxyl groups is 1. The molecular weight excluding hydrogens is 170 g/mol. The Bertz CT molecular complexity index is 101. The van der Waals surface area contributed by atoms with Crippen LogP contribution in [-0.2, 0) is 0 Å². The minimum absolute atomic E-state index is 0.163. The van der Waals surface area contributed by atoms with Crippen molar-refractivity contribution >= 4 is 11.8 Å². The molecule has 0 spiro atoms. The van der Waals surface area contributed by atoms with Crippen LogP contribution in [0.15, 0.2) is 0 Å². The van der Waals surface area contributed by atoms with E-state index in [9.17, 15) is 0 Å². The van der Waals surface area contributed by atoms with E-state index in [1.165, 1.54) is 0 Å². The summed E-state index contributed by atoms with van der Waals surface area (Å²) in [4.78, 5) is 0. The lowest BCUT2D eigenvalue weighted by atomic mass is 10.1. The van der Waals surface area contributed by atoms with E-state index in [1.807, 2.05) is 0 Å². The van der Waals surface area contributed by atoms with Gasteiger partial charge < -0.3 is 10.8 Å². The SMILES string of the molecule is CCCSC(CO)C(N)CCC. The summed E-state index contributed by atoms with van der Waals surface area (Å²) in [5.74, 6) is 1.10. The van der Waals surface area contributed by atoms with Gasteiger partial charge in [-0.25, -0.2) is 0 Å². The van der Waals surface area contributed by atoms with Gasteiger partial charge in [-0.3, -0.25) is 0 Å². The summed E-state index contributed by atoms with van der Waals surface area (Å²) in [5.41, 5.74) is 5.90. The molecule has 3 N–H and O–H groups in total. The third-order valence-corrected chi connectivity index (χ3v) is 3.39. The third kappa shape index (κ3) is 5.01. The number of hydrogen-bond acceptors (Lipinski definition) is 3. The Balaban J connectivity index is 3.62. The molecule has 0 aliphatic rings. The quantitative estimate of drug-likeness (QED) is 0.643. The second kappa shape index (κ2) is 7.90. The molecule has 0 aromatic heterocycles. The normalized spacial score (nSPS) is 16.0. The van der Waals surface area contributed by atoms with Crippen molar-refractivity contribution < 1.29 is 5.11 Å². The molecule has 3 heteroatoms. The molecule has 0 heterocycles. The van der Waals surface area contributed by atoms with E-state index in [1.54, 1.807) is 11.8 Å². The summed E-state index contributed by atoms with van der Waals surface area (Å²) in [6.07, 6.45) is 3.27. The van der Waals surface area contributed by atoms with Gasteiger partial charge in [0.15, 0.2) is 0 Å². The van der Waals surface area contributed by atoms with E-state index in [0.717, 1.165) is 25.0 Å². The van der Waals surface area contributed by atoms with Gasteiger partial charge in [0.1, 0.15) is 0 Å². The first-order chi connectivity index (χ1) is 5.76. The largest absolute Gasteiger partial charge is 0.395 e. The number of hydrogen-bond donors (Lipinski definition) is 2. The summed E-state index contributed by atoms with van der Waals surface area (Å²) in [6, 6.07) is 0.163. The number of aliphatic hydroxyl groups excluding tert-OH is 1. The summed E-state index contributed by atoms with van der Waals surface area (Å²) in [7, 11) is 0. The Kier molecular flexibility index (Phi) is 8.07. The van der Waals surface area contributed by atoms with Gasteiger partial charge in [0, 0.05) is 11.3 Å². The van der Waals surface area contributed by atoms with E-state index < -0.39 is 0 Å². The molecule has 0 fully saturated rings. The van der Waals surface area contributed by atoms with E-state index in [0.29, 0.717) is 0 Å². The van der Waals surface area contributed by atoms with Gasteiger partial charge >= 0.3 is 0 Å². The van der Waals surface area contributed by atoms with Gasteiger partial charge in [0.05, 0.1) is 6.61 Å². The molecule has 2 unspecified atom stereocenters. The Morgan fingerprint density at radius 3 is 2.42 bits per heavy atom. The predicted octanol–water partition coefficient (Wildman–Crippen LogP) is 1.62. The lowest BCUT2D eigenvalue weighted by Crippen LogP contribution is -2.35. The van der Waals surface area contributed by atoms with Gasteiger partial charge in [-0.15, -0.1) is 0 Å². The number of rotatable bonds is 7. The smallest absolute Gasteiger partial charge is 0.0565 e. The van der Waals surface area contributed by atoms with Crippen LogP contribution in [0, 0.1) is 0 Å². The second-order valence-electron chi connectivity index (χ2n) is 3.04. The molecule has 0 amide bonds. The first-order valence-corrected chi connectivity index (χ1v) is 5.79. The average molecular weight is 191 g/mol. The molecule has 0 aliphatic carbocycles. The summed E-state index contributed by atoms with van der Waals surface area (Å²) >= 11 is 1.79. The van der Waals surface area contributed by atoms with Crippen molar-refractivity contribution in [1.29, 1.82) is 0 Å². The van der Waals surface area contributed by atoms with Crippen LogP contribution in [0.25, 0.3) is 0 Å². The van der Waals surface area contributed by atoms with Crippen molar-refractivity contribution in [3.63, 3.8) is 0 Å². The van der Waals surface area contributed by atoms with E-state index in [-0.39, 0.29) is 17.9 Å². The molecule has 74 valence electrons. The molecule has 2 nitrogen and oxygen atoms in total. The third-order valence-electron chi connectivity index (χ3n) is 1.82. The van der Waals surface area contributed by atoms with Gasteiger partial charge in [-0.05, 0) is 18.6 Å². The van der Waals surface area contributed by atoms with Crippen molar-refractivity contribution in [2.75, 3.05) is 12.4 Å². The van der Waals surface area contributed by atoms with Crippen LogP contribution in [0.2, 0.25) is 0 Å². The lowest BCUT2D eigenvalue weighted by molar-refractivity contribution is 0.279. The van der Waals surface area contributed by atoms with Gasteiger partial charge in [-0.2, -0.15) is 11.8 Å². The highest BCUT2D eigenvalue weighted by atomic mass is 32.2. The lowest BCUT2D eigenvalue weighted by Gasteiger charge is -2.20. The standard InChI is InChI=1S/C9H21NOS/c1-3-5-8(10)9(7-11)12-6-4-2/h8-9,11H,3-7,10H2,1-2H3. The van der Waals surface area contributed by atoms with Crippen LogP contribution in [0.1, 0.15) is 33.1 Å². The zero-order valence-corrected chi connectivity index (χ0v) is 8.94. The molecule has 0 saturated carbocycles. The summed E-state index contributed by atoms with van der Waals surface area (Å²) in [5, 5.41) is 9.29. The van der Waals surface area contributed by atoms with Crippen LogP contribution in [0.4, 0.5) is 0 Å². The maximum atomic E-state index is 9.05. The fourth-order valence-electron chi connectivity index (χ4n) is 1.10. The highest BCUT2D eigenvalue weighted by Gasteiger charge is 2.15. The van der Waals surface area contributed by atoms with Crippen LogP contribution in [-0.4, -0.2) is 28.8 Å². The minimum atomic E-state index is 0.163. The Hall–Kier alpha value is 0.270. The average Bonchev–Trinajstić information content (AvgIpc) is 2.06. The first-order valence-electron chi connectivity index (χ1n) is 4.74. The predicted molar refractivity (Wildman–Crippen MR) is 56.5 cm³/mol. The van der Waals surface area contributed by atoms with Crippen molar-refractivity contribution in [3.8, 4) is 0 Å². The molecule has 0 bridgehead atoms. The van der Waals surface area contributed by atoms with Gasteiger partial charge in [0.25, 0.3) is 0 Å². The van der Waals surface area contributed by atoms with Crippen LogP contribution < -0.4 is 5.73 Å². The monoisotopic (exact) mass is 191 g/mol. The van der Waals surface area contributed by atoms with Crippen molar-refractivity contribution in [2.24, 2.45) is 5.73 Å². The molecule has 0 saturated heterocycles. The molecule has 0 radical (unpaired) electrons. The summed E-state index contributed by atoms with van der Waals surface area (Å²) in [6.45, 7) is 4.48. The van der Waals surface area contributed by atoms with Gasteiger partial charge in [-0.1, -0.05) is 20.3 Å². The molecule has 0 aromatic rings. The van der Waals surface area contributed by atoms with Crippen molar-refractivity contribution in [2.45, 2.75) is 44.4 Å². The summed E-state index contributed by atoms with van der Waals surface area (Å²) < 4.78 is 0. The Morgan fingerprint density at radius 2 is 2.00 bits per heavy atom. The van der Waals surface area contributed by atoms with E-state index in [4.69, 9.17) is 10.8 Å². The second-order valence-corrected chi connectivity index (χ2v) is 4.39. The number of nitrogens with two attached hydrogens (primary N) is 1. The maximum Gasteiger partial charge on any atom is 0.0565 e. The molecule has 0 rings (SSSR count). The van der Waals surface area contributed by atoms with Gasteiger partial charge in [0.2, 0.25) is 0 Å². The zero-order valence-electron chi connectivity index (χ0n) is 8.12. The van der Waals surface area contributed by atoms with Crippen molar-refractivity contribution in [3.05, 3.63) is 0 Å². The molecule has 0 aliphatic heterocycles. The highest BCUT2D eigenvalue weighted by molar-refractivity contribution is 7.99. The minimum Gasteiger partial charge on any atom is -0.395 e. The first kappa shape index (κ1) is 12.3. The highest BCUT2D eigenvalue weighted by Crippen LogP contribution is 2.16. The molecular formula is C9H21NOS. The molecule has 0 aromatic carbocycles. The Morgan fingerprint density at radius 1 is 1.33 bits per heavy atom. The van der Waals surface area contributed by atoms with E-state index >= 15 is 0 Å². The van der Waals surface area contributed by atoms with E-state index in [2.05, 4.69) is 13.8 Å². The fourth-order valence-corrected chi connectivity index (χ4v) is 2.13. The van der Waals surface area contributed by atoms with Crippen LogP contribution in [0.5, 0.6) is 0 Å². The fraction of sp³-hybridized carbons (Fsp3) is 1.00. The molecule has 2 atom stereocenters. The van der Waals surface area contributed by atoms with Crippen molar-refractivity contribution in [1.82, 2.24) is 0 Å². The number of thioether (sulfide) groups is 1. The maximum absolute atomic E-state index is 9.05. The topological polar surface area (TPSA) is 46.2 Å². The molecule has 12 heavy (non-hydrogen) atoms. The van der Waals surface area contributed by atoms with Crippen LogP contribution >= 0.6 is 11.8 Å². The van der Waals surface area contributed by atoms with Crippen LogP contribution in [0.3, 0.4) is 0 Å². The Labute approximate surface area is 79.9 Å². The zero-order chi connectivity index (χ0) is 9.40.